The highest BCUT2D eigenvalue weighted by Gasteiger charge is 2.26. The Morgan fingerprint density at radius 3 is 2.82 bits per heavy atom. The Morgan fingerprint density at radius 1 is 1.27 bits per heavy atom. The standard InChI is InChI=1S/C16H23N3O2.ClH/c1-11-10-17-7-8-19(11)16(21)13-9-12-5-3-2-4-6-14(12)18-15(13)20;/h9,11,17H,2-8,10H2,1H3,(H,18,20);1H/t11-;/m0./s1. The van der Waals surface area contributed by atoms with Gasteiger partial charge in [0.15, 0.2) is 0 Å². The molecule has 0 spiro atoms. The molecule has 22 heavy (non-hydrogen) atoms. The lowest BCUT2D eigenvalue weighted by molar-refractivity contribution is 0.0653. The molecule has 3 rings (SSSR count). The summed E-state index contributed by atoms with van der Waals surface area (Å²) in [6, 6.07) is 1.97. The van der Waals surface area contributed by atoms with E-state index in [2.05, 4.69) is 10.3 Å². The molecule has 1 amide bonds. The number of aromatic nitrogens is 1. The third kappa shape index (κ3) is 3.36. The summed E-state index contributed by atoms with van der Waals surface area (Å²) in [4.78, 5) is 29.7. The molecule has 2 aliphatic rings. The number of carbonyl (C=O) groups is 1. The number of nitrogens with one attached hydrogen (secondary N) is 2. The fourth-order valence-corrected chi connectivity index (χ4v) is 3.31. The van der Waals surface area contributed by atoms with Gasteiger partial charge in [-0.3, -0.25) is 9.59 Å². The third-order valence-corrected chi connectivity index (χ3v) is 4.58. The summed E-state index contributed by atoms with van der Waals surface area (Å²) in [6.07, 6.45) is 5.32. The molecule has 0 saturated carbocycles. The van der Waals surface area contributed by atoms with Gasteiger partial charge in [-0.05, 0) is 44.2 Å². The van der Waals surface area contributed by atoms with Gasteiger partial charge in [0.2, 0.25) is 0 Å². The SMILES string of the molecule is C[C@H]1CNCCN1C(=O)c1cc2c([nH]c1=O)CCCCC2.Cl. The van der Waals surface area contributed by atoms with Crippen molar-refractivity contribution in [2.45, 2.75) is 45.1 Å². The van der Waals surface area contributed by atoms with Crippen LogP contribution in [0.2, 0.25) is 0 Å². The van der Waals surface area contributed by atoms with E-state index in [-0.39, 0.29) is 29.9 Å². The molecule has 0 radical (unpaired) electrons. The smallest absolute Gasteiger partial charge is 0.261 e. The lowest BCUT2D eigenvalue weighted by Gasteiger charge is -2.33. The zero-order valence-electron chi connectivity index (χ0n) is 13.0. The molecule has 1 atom stereocenters. The summed E-state index contributed by atoms with van der Waals surface area (Å²) in [5, 5.41) is 3.26. The number of aryl methyl sites for hydroxylation is 2. The van der Waals surface area contributed by atoms with E-state index in [1.165, 1.54) is 6.42 Å². The summed E-state index contributed by atoms with van der Waals surface area (Å²) >= 11 is 0. The Hall–Kier alpha value is -1.33. The highest BCUT2D eigenvalue weighted by atomic mass is 35.5. The van der Waals surface area contributed by atoms with Crippen LogP contribution < -0.4 is 10.9 Å². The van der Waals surface area contributed by atoms with Crippen molar-refractivity contribution in [2.24, 2.45) is 0 Å². The number of fused-ring (bicyclic) bond motifs is 1. The van der Waals surface area contributed by atoms with Crippen LogP contribution in [0, 0.1) is 0 Å². The number of pyridine rings is 1. The van der Waals surface area contributed by atoms with Crippen molar-refractivity contribution in [3.63, 3.8) is 0 Å². The van der Waals surface area contributed by atoms with Crippen LogP contribution in [0.3, 0.4) is 0 Å². The highest BCUT2D eigenvalue weighted by Crippen LogP contribution is 2.19. The molecule has 5 nitrogen and oxygen atoms in total. The molecular formula is C16H24ClN3O2. The number of hydrogen-bond donors (Lipinski definition) is 2. The minimum absolute atomic E-state index is 0. The lowest BCUT2D eigenvalue weighted by atomic mass is 10.0. The van der Waals surface area contributed by atoms with Crippen LogP contribution in [-0.2, 0) is 12.8 Å². The molecule has 0 unspecified atom stereocenters. The predicted molar refractivity (Wildman–Crippen MR) is 88.9 cm³/mol. The minimum Gasteiger partial charge on any atom is -0.333 e. The number of H-pyrrole nitrogens is 1. The van der Waals surface area contributed by atoms with Crippen LogP contribution in [0.5, 0.6) is 0 Å². The highest BCUT2D eigenvalue weighted by molar-refractivity contribution is 5.94. The van der Waals surface area contributed by atoms with Crippen molar-refractivity contribution < 1.29 is 4.79 Å². The minimum atomic E-state index is -0.230. The normalized spacial score (nSPS) is 21.5. The first-order chi connectivity index (χ1) is 10.2. The van der Waals surface area contributed by atoms with Gasteiger partial charge in [0.25, 0.3) is 11.5 Å². The molecule has 6 heteroatoms. The molecule has 1 fully saturated rings. The number of piperazine rings is 1. The predicted octanol–water partition coefficient (Wildman–Crippen LogP) is 1.50. The van der Waals surface area contributed by atoms with Gasteiger partial charge < -0.3 is 15.2 Å². The molecule has 0 aromatic carbocycles. The molecule has 122 valence electrons. The van der Waals surface area contributed by atoms with Crippen molar-refractivity contribution >= 4 is 18.3 Å². The summed E-state index contributed by atoms with van der Waals surface area (Å²) in [7, 11) is 0. The number of halogens is 1. The van der Waals surface area contributed by atoms with Gasteiger partial charge in [-0.2, -0.15) is 0 Å². The number of nitrogens with zero attached hydrogens (tertiary/aromatic N) is 1. The van der Waals surface area contributed by atoms with Gasteiger partial charge in [0.1, 0.15) is 5.56 Å². The summed E-state index contributed by atoms with van der Waals surface area (Å²) in [5.41, 5.74) is 2.26. The molecule has 1 saturated heterocycles. The lowest BCUT2D eigenvalue weighted by Crippen LogP contribution is -2.53. The zero-order chi connectivity index (χ0) is 14.8. The number of hydrogen-bond acceptors (Lipinski definition) is 3. The monoisotopic (exact) mass is 325 g/mol. The van der Waals surface area contributed by atoms with Crippen LogP contribution in [0.25, 0.3) is 0 Å². The zero-order valence-corrected chi connectivity index (χ0v) is 13.8. The Balaban J connectivity index is 0.00000176. The largest absolute Gasteiger partial charge is 0.333 e. The van der Waals surface area contributed by atoms with E-state index in [4.69, 9.17) is 0 Å². The van der Waals surface area contributed by atoms with Gasteiger partial charge in [-0.25, -0.2) is 0 Å². The topological polar surface area (TPSA) is 65.2 Å². The van der Waals surface area contributed by atoms with Crippen LogP contribution in [0.15, 0.2) is 10.9 Å². The van der Waals surface area contributed by atoms with Gasteiger partial charge in [0, 0.05) is 31.4 Å². The number of carbonyl (C=O) groups excluding carboxylic acids is 1. The van der Waals surface area contributed by atoms with E-state index in [0.717, 1.165) is 50.0 Å². The van der Waals surface area contributed by atoms with E-state index in [9.17, 15) is 9.59 Å². The first kappa shape index (κ1) is 17.0. The van der Waals surface area contributed by atoms with E-state index in [1.807, 2.05) is 17.9 Å². The molecule has 1 aromatic rings. The Morgan fingerprint density at radius 2 is 2.05 bits per heavy atom. The van der Waals surface area contributed by atoms with E-state index in [0.29, 0.717) is 12.1 Å². The van der Waals surface area contributed by atoms with Crippen molar-refractivity contribution in [1.29, 1.82) is 0 Å². The Labute approximate surface area is 136 Å². The van der Waals surface area contributed by atoms with E-state index >= 15 is 0 Å². The fourth-order valence-electron chi connectivity index (χ4n) is 3.31. The van der Waals surface area contributed by atoms with Gasteiger partial charge in [-0.15, -0.1) is 12.4 Å². The number of aromatic amines is 1. The van der Waals surface area contributed by atoms with E-state index < -0.39 is 0 Å². The Kier molecular flexibility index (Phi) is 5.64. The maximum atomic E-state index is 12.7. The van der Waals surface area contributed by atoms with Crippen LogP contribution in [0.4, 0.5) is 0 Å². The molecule has 2 N–H and O–H groups in total. The maximum Gasteiger partial charge on any atom is 0.261 e. The van der Waals surface area contributed by atoms with Crippen LogP contribution in [-0.4, -0.2) is 41.5 Å². The second-order valence-corrected chi connectivity index (χ2v) is 6.13. The molecular weight excluding hydrogens is 302 g/mol. The van der Waals surface area contributed by atoms with Crippen molar-refractivity contribution in [3.05, 3.63) is 33.2 Å². The second-order valence-electron chi connectivity index (χ2n) is 6.13. The first-order valence-corrected chi connectivity index (χ1v) is 7.93. The Bertz CT molecular complexity index is 600. The van der Waals surface area contributed by atoms with Crippen molar-refractivity contribution in [3.8, 4) is 0 Å². The van der Waals surface area contributed by atoms with Gasteiger partial charge >= 0.3 is 0 Å². The first-order valence-electron chi connectivity index (χ1n) is 7.93. The molecule has 1 aliphatic heterocycles. The fraction of sp³-hybridized carbons (Fsp3) is 0.625. The molecule has 1 aromatic heterocycles. The molecule has 1 aliphatic carbocycles. The third-order valence-electron chi connectivity index (χ3n) is 4.58. The molecule has 2 heterocycles. The van der Waals surface area contributed by atoms with Crippen LogP contribution >= 0.6 is 12.4 Å². The second kappa shape index (κ2) is 7.29. The number of rotatable bonds is 1. The average molecular weight is 326 g/mol. The summed E-state index contributed by atoms with van der Waals surface area (Å²) in [6.45, 7) is 4.26. The maximum absolute atomic E-state index is 12.7. The van der Waals surface area contributed by atoms with Gasteiger partial charge in [0.05, 0.1) is 0 Å². The summed E-state index contributed by atoms with van der Waals surface area (Å²) < 4.78 is 0. The van der Waals surface area contributed by atoms with Crippen LogP contribution in [0.1, 0.15) is 47.8 Å². The van der Waals surface area contributed by atoms with Gasteiger partial charge in [-0.1, -0.05) is 6.42 Å². The quantitative estimate of drug-likeness (QED) is 0.769. The summed E-state index contributed by atoms with van der Waals surface area (Å²) in [5.74, 6) is -0.128. The average Bonchev–Trinajstić information content (AvgIpc) is 2.71. The van der Waals surface area contributed by atoms with Crippen molar-refractivity contribution in [1.82, 2.24) is 15.2 Å². The number of amides is 1. The van der Waals surface area contributed by atoms with Crippen molar-refractivity contribution in [2.75, 3.05) is 19.6 Å². The van der Waals surface area contributed by atoms with E-state index in [1.54, 1.807) is 0 Å². The molecule has 0 bridgehead atoms.